The normalized spacial score (nSPS) is 19.7. The van der Waals surface area contributed by atoms with Gasteiger partial charge in [0, 0.05) is 24.1 Å². The van der Waals surface area contributed by atoms with Gasteiger partial charge >= 0.3 is 5.97 Å². The van der Waals surface area contributed by atoms with Crippen molar-refractivity contribution in [1.29, 1.82) is 0 Å². The van der Waals surface area contributed by atoms with Crippen LogP contribution in [0.4, 0.5) is 11.4 Å². The Labute approximate surface area is 111 Å². The number of nitrogens with zero attached hydrogens (tertiary/aromatic N) is 1. The van der Waals surface area contributed by atoms with Crippen LogP contribution in [0.3, 0.4) is 0 Å². The third kappa shape index (κ3) is 2.56. The van der Waals surface area contributed by atoms with Crippen LogP contribution in [0.2, 0.25) is 0 Å². The van der Waals surface area contributed by atoms with Crippen LogP contribution in [-0.4, -0.2) is 37.2 Å². The molecule has 1 saturated heterocycles. The highest BCUT2D eigenvalue weighted by molar-refractivity contribution is 7.99. The topological polar surface area (TPSA) is 55.6 Å². The zero-order valence-corrected chi connectivity index (χ0v) is 11.5. The van der Waals surface area contributed by atoms with Gasteiger partial charge < -0.3 is 15.4 Å². The lowest BCUT2D eigenvalue weighted by atomic mass is 10.1. The molecule has 1 aromatic carbocycles. The van der Waals surface area contributed by atoms with Gasteiger partial charge in [0.1, 0.15) is 0 Å². The Balaban J connectivity index is 2.33. The van der Waals surface area contributed by atoms with Crippen LogP contribution in [-0.2, 0) is 4.74 Å². The van der Waals surface area contributed by atoms with E-state index < -0.39 is 0 Å². The number of methoxy groups -OCH3 is 1. The molecule has 0 aliphatic carbocycles. The second-order valence-corrected chi connectivity index (χ2v) is 5.53. The smallest absolute Gasteiger partial charge is 0.337 e. The maximum Gasteiger partial charge on any atom is 0.337 e. The molecule has 4 nitrogen and oxygen atoms in total. The maximum atomic E-state index is 11.6. The zero-order valence-electron chi connectivity index (χ0n) is 10.7. The van der Waals surface area contributed by atoms with Crippen molar-refractivity contribution in [2.45, 2.75) is 13.0 Å². The number of ether oxygens (including phenoxy) is 1. The molecule has 0 aromatic heterocycles. The second-order valence-electron chi connectivity index (χ2n) is 4.38. The highest BCUT2D eigenvalue weighted by atomic mass is 32.2. The number of hydrogen-bond donors (Lipinski definition) is 1. The summed E-state index contributed by atoms with van der Waals surface area (Å²) in [5.74, 6) is 1.85. The van der Waals surface area contributed by atoms with E-state index in [-0.39, 0.29) is 5.97 Å². The third-order valence-corrected chi connectivity index (χ3v) is 4.32. The van der Waals surface area contributed by atoms with Crippen molar-refractivity contribution in [1.82, 2.24) is 0 Å². The molecule has 0 amide bonds. The van der Waals surface area contributed by atoms with E-state index in [1.54, 1.807) is 12.1 Å². The van der Waals surface area contributed by atoms with Gasteiger partial charge in [-0.15, -0.1) is 0 Å². The summed E-state index contributed by atoms with van der Waals surface area (Å²) >= 11 is 1.95. The molecule has 1 unspecified atom stereocenters. The molecule has 2 rings (SSSR count). The van der Waals surface area contributed by atoms with Gasteiger partial charge in [0.2, 0.25) is 0 Å². The standard InChI is InChI=1S/C13H18N2O2S/c1-9-8-18-6-5-15(9)12-7-10(13(16)17-2)3-4-11(12)14/h3-4,7,9H,5-6,8,14H2,1-2H3. The van der Waals surface area contributed by atoms with Gasteiger partial charge in [-0.3, -0.25) is 0 Å². The molecule has 0 bridgehead atoms. The van der Waals surface area contributed by atoms with Gasteiger partial charge in [-0.25, -0.2) is 4.79 Å². The number of benzene rings is 1. The highest BCUT2D eigenvalue weighted by Crippen LogP contribution is 2.30. The van der Waals surface area contributed by atoms with Crippen molar-refractivity contribution in [3.63, 3.8) is 0 Å². The summed E-state index contributed by atoms with van der Waals surface area (Å²) in [4.78, 5) is 13.8. The van der Waals surface area contributed by atoms with Crippen LogP contribution in [0, 0.1) is 0 Å². The summed E-state index contributed by atoms with van der Waals surface area (Å²) in [6.45, 7) is 3.14. The number of hydrogen-bond acceptors (Lipinski definition) is 5. The zero-order chi connectivity index (χ0) is 13.1. The minimum absolute atomic E-state index is 0.324. The van der Waals surface area contributed by atoms with E-state index in [1.165, 1.54) is 7.11 Å². The Hall–Kier alpha value is -1.36. The van der Waals surface area contributed by atoms with Crippen LogP contribution in [0.1, 0.15) is 17.3 Å². The number of rotatable bonds is 2. The lowest BCUT2D eigenvalue weighted by Crippen LogP contribution is -2.40. The van der Waals surface area contributed by atoms with Crippen molar-refractivity contribution < 1.29 is 9.53 Å². The van der Waals surface area contributed by atoms with Gasteiger partial charge in [-0.2, -0.15) is 11.8 Å². The summed E-state index contributed by atoms with van der Waals surface area (Å²) in [5, 5.41) is 0. The molecule has 1 fully saturated rings. The molecule has 0 saturated carbocycles. The Kier molecular flexibility index (Phi) is 4.01. The van der Waals surface area contributed by atoms with Gasteiger partial charge in [-0.05, 0) is 25.1 Å². The quantitative estimate of drug-likeness (QED) is 0.655. The number of esters is 1. The first-order chi connectivity index (χ1) is 8.63. The second kappa shape index (κ2) is 5.52. The van der Waals surface area contributed by atoms with E-state index in [1.807, 2.05) is 17.8 Å². The number of carbonyl (C=O) groups excluding carboxylic acids is 1. The molecular formula is C13H18N2O2S. The summed E-state index contributed by atoms with van der Waals surface area (Å²) in [7, 11) is 1.39. The first kappa shape index (κ1) is 13.1. The molecule has 0 radical (unpaired) electrons. The van der Waals surface area contributed by atoms with Crippen molar-refractivity contribution >= 4 is 29.1 Å². The number of anilines is 2. The fraction of sp³-hybridized carbons (Fsp3) is 0.462. The average Bonchev–Trinajstić information content (AvgIpc) is 2.39. The first-order valence-corrected chi connectivity index (χ1v) is 7.11. The van der Waals surface area contributed by atoms with Crippen LogP contribution in [0.5, 0.6) is 0 Å². The summed E-state index contributed by atoms with van der Waals surface area (Å²) in [6, 6.07) is 5.73. The fourth-order valence-electron chi connectivity index (χ4n) is 2.12. The van der Waals surface area contributed by atoms with Gasteiger partial charge in [-0.1, -0.05) is 0 Å². The monoisotopic (exact) mass is 266 g/mol. The molecule has 1 aromatic rings. The van der Waals surface area contributed by atoms with Gasteiger partial charge in [0.15, 0.2) is 0 Å². The van der Waals surface area contributed by atoms with Crippen LogP contribution < -0.4 is 10.6 Å². The molecule has 1 aliphatic rings. The summed E-state index contributed by atoms with van der Waals surface area (Å²) < 4.78 is 4.74. The molecule has 1 aliphatic heterocycles. The van der Waals surface area contributed by atoms with Crippen LogP contribution in [0.15, 0.2) is 18.2 Å². The predicted molar refractivity (Wildman–Crippen MR) is 76.3 cm³/mol. The first-order valence-electron chi connectivity index (χ1n) is 5.95. The van der Waals surface area contributed by atoms with Gasteiger partial charge in [0.05, 0.1) is 24.0 Å². The highest BCUT2D eigenvalue weighted by Gasteiger charge is 2.21. The Bertz CT molecular complexity index is 451. The Morgan fingerprint density at radius 1 is 1.56 bits per heavy atom. The molecule has 1 heterocycles. The summed E-state index contributed by atoms with van der Waals surface area (Å²) in [5.41, 5.74) is 8.22. The third-order valence-electron chi connectivity index (χ3n) is 3.13. The van der Waals surface area contributed by atoms with Crippen molar-refractivity contribution in [2.75, 3.05) is 35.8 Å². The Morgan fingerprint density at radius 2 is 2.33 bits per heavy atom. The lowest BCUT2D eigenvalue weighted by Gasteiger charge is -2.35. The molecule has 2 N–H and O–H groups in total. The molecular weight excluding hydrogens is 248 g/mol. The molecule has 5 heteroatoms. The lowest BCUT2D eigenvalue weighted by molar-refractivity contribution is 0.0601. The van der Waals surface area contributed by atoms with Crippen molar-refractivity contribution in [2.24, 2.45) is 0 Å². The largest absolute Gasteiger partial charge is 0.465 e. The van der Waals surface area contributed by atoms with E-state index >= 15 is 0 Å². The van der Waals surface area contributed by atoms with Crippen molar-refractivity contribution in [3.05, 3.63) is 23.8 Å². The van der Waals surface area contributed by atoms with E-state index in [0.717, 1.165) is 23.7 Å². The number of carbonyl (C=O) groups is 1. The van der Waals surface area contributed by atoms with Crippen molar-refractivity contribution in [3.8, 4) is 0 Å². The SMILES string of the molecule is COC(=O)c1ccc(N)c(N2CCSCC2C)c1. The number of thioether (sulfide) groups is 1. The average molecular weight is 266 g/mol. The minimum Gasteiger partial charge on any atom is -0.465 e. The molecule has 18 heavy (non-hydrogen) atoms. The van der Waals surface area contributed by atoms with E-state index in [0.29, 0.717) is 17.3 Å². The molecule has 98 valence electrons. The van der Waals surface area contributed by atoms with Crippen LogP contribution in [0.25, 0.3) is 0 Å². The predicted octanol–water partition coefficient (Wildman–Crippen LogP) is 2.00. The summed E-state index contributed by atoms with van der Waals surface area (Å²) in [6.07, 6.45) is 0. The molecule has 1 atom stereocenters. The number of nitrogen functional groups attached to an aromatic ring is 1. The number of nitrogens with two attached hydrogens (primary N) is 1. The fourth-order valence-corrected chi connectivity index (χ4v) is 3.14. The van der Waals surface area contributed by atoms with Crippen LogP contribution >= 0.6 is 11.8 Å². The van der Waals surface area contributed by atoms with E-state index in [4.69, 9.17) is 10.5 Å². The molecule has 0 spiro atoms. The minimum atomic E-state index is -0.324. The van der Waals surface area contributed by atoms with E-state index in [2.05, 4.69) is 11.8 Å². The Morgan fingerprint density at radius 3 is 3.00 bits per heavy atom. The maximum absolute atomic E-state index is 11.6. The van der Waals surface area contributed by atoms with E-state index in [9.17, 15) is 4.79 Å². The van der Waals surface area contributed by atoms with Gasteiger partial charge in [0.25, 0.3) is 0 Å².